The highest BCUT2D eigenvalue weighted by Gasteiger charge is 2.23. The Morgan fingerprint density at radius 2 is 1.82 bits per heavy atom. The lowest BCUT2D eigenvalue weighted by molar-refractivity contribution is 0.00424. The Morgan fingerprint density at radius 3 is 2.41 bits per heavy atom. The molecule has 0 spiro atoms. The van der Waals surface area contributed by atoms with Crippen molar-refractivity contribution in [2.24, 2.45) is 0 Å². The van der Waals surface area contributed by atoms with Gasteiger partial charge in [0.15, 0.2) is 0 Å². The molecule has 3 heterocycles. The number of hydrogen-bond donors (Lipinski definition) is 1. The van der Waals surface area contributed by atoms with Crippen molar-refractivity contribution in [2.75, 3.05) is 52.5 Å². The highest BCUT2D eigenvalue weighted by Crippen LogP contribution is 2.23. The van der Waals surface area contributed by atoms with Gasteiger partial charge in [0.05, 0.1) is 36.6 Å². The average molecular weight is 329 g/mol. The van der Waals surface area contributed by atoms with Crippen LogP contribution in [0.5, 0.6) is 0 Å². The van der Waals surface area contributed by atoms with Gasteiger partial charge in [0.2, 0.25) is 0 Å². The van der Waals surface area contributed by atoms with E-state index < -0.39 is 0 Å². The first-order valence-corrected chi connectivity index (χ1v) is 8.48. The third-order valence-corrected chi connectivity index (χ3v) is 4.74. The van der Waals surface area contributed by atoms with Crippen LogP contribution in [0.1, 0.15) is 18.9 Å². The van der Waals surface area contributed by atoms with E-state index in [1.54, 1.807) is 6.20 Å². The molecule has 1 aromatic heterocycles. The van der Waals surface area contributed by atoms with Crippen molar-refractivity contribution in [2.45, 2.75) is 25.0 Å². The maximum absolute atomic E-state index is 10.3. The summed E-state index contributed by atoms with van der Waals surface area (Å²) in [6.45, 7) is 6.93. The molecule has 7 heteroatoms. The summed E-state index contributed by atoms with van der Waals surface area (Å²) in [6.07, 6.45) is 5.42. The molecule has 1 unspecified atom stereocenters. The first kappa shape index (κ1) is 16.2. The van der Waals surface area contributed by atoms with Crippen molar-refractivity contribution < 1.29 is 9.84 Å². The van der Waals surface area contributed by atoms with E-state index in [-0.39, 0.29) is 6.10 Å². The second kappa shape index (κ2) is 7.75. The Bertz CT molecular complexity index is 456. The lowest BCUT2D eigenvalue weighted by atomic mass is 10.0. The molecule has 1 atom stereocenters. The van der Waals surface area contributed by atoms with Crippen molar-refractivity contribution in [3.05, 3.63) is 17.4 Å². The van der Waals surface area contributed by atoms with Gasteiger partial charge in [-0.3, -0.25) is 9.58 Å². The molecule has 1 aromatic rings. The van der Waals surface area contributed by atoms with Crippen LogP contribution in [0.3, 0.4) is 0 Å². The zero-order chi connectivity index (χ0) is 15.4. The fraction of sp³-hybridized carbons (Fsp3) is 0.800. The van der Waals surface area contributed by atoms with Crippen molar-refractivity contribution in [1.82, 2.24) is 19.6 Å². The van der Waals surface area contributed by atoms with Gasteiger partial charge in [0.25, 0.3) is 0 Å². The van der Waals surface area contributed by atoms with Crippen LogP contribution in [0, 0.1) is 0 Å². The Balaban J connectivity index is 1.39. The fourth-order valence-electron chi connectivity index (χ4n) is 3.32. The molecule has 0 saturated carbocycles. The van der Waals surface area contributed by atoms with Crippen LogP contribution < -0.4 is 0 Å². The number of aliphatic hydroxyl groups is 1. The van der Waals surface area contributed by atoms with Gasteiger partial charge in [-0.2, -0.15) is 5.10 Å². The lowest BCUT2D eigenvalue weighted by Crippen LogP contribution is -2.46. The fourth-order valence-corrected chi connectivity index (χ4v) is 3.46. The number of β-amino-alcohol motifs (C(OH)–C–C–N with tert-alkyl or cyclic N) is 1. The minimum atomic E-state index is -0.284. The average Bonchev–Trinajstić information content (AvgIpc) is 2.95. The Morgan fingerprint density at radius 1 is 1.18 bits per heavy atom. The number of rotatable bonds is 5. The molecular formula is C15H25ClN4O2. The zero-order valence-electron chi connectivity index (χ0n) is 12.9. The molecule has 0 bridgehead atoms. The summed E-state index contributed by atoms with van der Waals surface area (Å²) in [7, 11) is 0. The number of morpholine rings is 1. The number of ether oxygens (including phenoxy) is 1. The van der Waals surface area contributed by atoms with E-state index in [4.69, 9.17) is 16.3 Å². The van der Waals surface area contributed by atoms with E-state index >= 15 is 0 Å². The summed E-state index contributed by atoms with van der Waals surface area (Å²) in [5.74, 6) is 0. The number of nitrogens with zero attached hydrogens (tertiary/aromatic N) is 4. The van der Waals surface area contributed by atoms with Crippen molar-refractivity contribution >= 4 is 11.6 Å². The van der Waals surface area contributed by atoms with Gasteiger partial charge in [0, 0.05) is 45.5 Å². The zero-order valence-corrected chi connectivity index (χ0v) is 13.7. The van der Waals surface area contributed by atoms with E-state index in [0.29, 0.717) is 11.1 Å². The predicted molar refractivity (Wildman–Crippen MR) is 85.2 cm³/mol. The van der Waals surface area contributed by atoms with Crippen LogP contribution >= 0.6 is 11.6 Å². The second-order valence-electron chi connectivity index (χ2n) is 6.24. The standard InChI is InChI=1S/C15H25ClN4O2/c16-13-9-17-20(10-13)14-1-3-18(4-2-14)11-15(21)12-19-5-7-22-8-6-19/h9-10,14-15,21H,1-8,11-12H2. The Hall–Kier alpha value is -0.660. The van der Waals surface area contributed by atoms with Crippen LogP contribution in [-0.4, -0.2) is 83.3 Å². The molecule has 124 valence electrons. The summed E-state index contributed by atoms with van der Waals surface area (Å²) < 4.78 is 7.31. The van der Waals surface area contributed by atoms with Crippen LogP contribution in [0.4, 0.5) is 0 Å². The Labute approximate surface area is 136 Å². The summed E-state index contributed by atoms with van der Waals surface area (Å²) in [6, 6.07) is 0.431. The molecule has 2 fully saturated rings. The van der Waals surface area contributed by atoms with E-state index in [0.717, 1.165) is 65.3 Å². The minimum Gasteiger partial charge on any atom is -0.390 e. The highest BCUT2D eigenvalue weighted by atomic mass is 35.5. The van der Waals surface area contributed by atoms with Crippen LogP contribution in [0.15, 0.2) is 12.4 Å². The molecular weight excluding hydrogens is 304 g/mol. The topological polar surface area (TPSA) is 53.8 Å². The summed E-state index contributed by atoms with van der Waals surface area (Å²) in [4.78, 5) is 4.64. The van der Waals surface area contributed by atoms with Gasteiger partial charge in [0.1, 0.15) is 0 Å². The quantitative estimate of drug-likeness (QED) is 0.869. The van der Waals surface area contributed by atoms with E-state index in [1.807, 2.05) is 10.9 Å². The number of likely N-dealkylation sites (tertiary alicyclic amines) is 1. The van der Waals surface area contributed by atoms with Gasteiger partial charge >= 0.3 is 0 Å². The Kier molecular flexibility index (Phi) is 5.71. The predicted octanol–water partition coefficient (Wildman–Crippen LogP) is 0.866. The van der Waals surface area contributed by atoms with Gasteiger partial charge in [-0.05, 0) is 12.8 Å². The minimum absolute atomic E-state index is 0.284. The van der Waals surface area contributed by atoms with E-state index in [1.165, 1.54) is 0 Å². The SMILES string of the molecule is OC(CN1CCOCC1)CN1CCC(n2cc(Cl)cn2)CC1. The van der Waals surface area contributed by atoms with Crippen LogP contribution in [0.25, 0.3) is 0 Å². The van der Waals surface area contributed by atoms with Crippen LogP contribution in [-0.2, 0) is 4.74 Å². The largest absolute Gasteiger partial charge is 0.390 e. The summed E-state index contributed by atoms with van der Waals surface area (Å²) >= 11 is 5.93. The molecule has 6 nitrogen and oxygen atoms in total. The number of aliphatic hydroxyl groups excluding tert-OH is 1. The molecule has 1 N–H and O–H groups in total. The molecule has 0 radical (unpaired) electrons. The number of piperidine rings is 1. The molecule has 22 heavy (non-hydrogen) atoms. The van der Waals surface area contributed by atoms with Crippen LogP contribution in [0.2, 0.25) is 5.02 Å². The molecule has 2 saturated heterocycles. The maximum Gasteiger partial charge on any atom is 0.0793 e. The van der Waals surface area contributed by atoms with E-state index in [2.05, 4.69) is 14.9 Å². The normalized spacial score (nSPS) is 23.7. The first-order valence-electron chi connectivity index (χ1n) is 8.11. The molecule has 0 amide bonds. The summed E-state index contributed by atoms with van der Waals surface area (Å²) in [5, 5.41) is 15.3. The van der Waals surface area contributed by atoms with Crippen molar-refractivity contribution in [1.29, 1.82) is 0 Å². The maximum atomic E-state index is 10.3. The van der Waals surface area contributed by atoms with Crippen molar-refractivity contribution in [3.8, 4) is 0 Å². The lowest BCUT2D eigenvalue weighted by Gasteiger charge is -2.35. The van der Waals surface area contributed by atoms with E-state index in [9.17, 15) is 5.11 Å². The highest BCUT2D eigenvalue weighted by molar-refractivity contribution is 6.30. The third kappa shape index (κ3) is 4.43. The monoisotopic (exact) mass is 328 g/mol. The number of halogens is 1. The number of hydrogen-bond acceptors (Lipinski definition) is 5. The van der Waals surface area contributed by atoms with Gasteiger partial charge < -0.3 is 14.7 Å². The van der Waals surface area contributed by atoms with Gasteiger partial charge in [-0.1, -0.05) is 11.6 Å². The molecule has 3 rings (SSSR count). The first-order chi connectivity index (χ1) is 10.7. The second-order valence-corrected chi connectivity index (χ2v) is 6.67. The van der Waals surface area contributed by atoms with Gasteiger partial charge in [-0.15, -0.1) is 0 Å². The smallest absolute Gasteiger partial charge is 0.0793 e. The molecule has 0 aromatic carbocycles. The number of aromatic nitrogens is 2. The third-order valence-electron chi connectivity index (χ3n) is 4.54. The molecule has 2 aliphatic rings. The molecule has 0 aliphatic carbocycles. The molecule has 2 aliphatic heterocycles. The van der Waals surface area contributed by atoms with Crippen molar-refractivity contribution in [3.63, 3.8) is 0 Å². The summed E-state index contributed by atoms with van der Waals surface area (Å²) in [5.41, 5.74) is 0. The van der Waals surface area contributed by atoms with Gasteiger partial charge in [-0.25, -0.2) is 0 Å².